The summed E-state index contributed by atoms with van der Waals surface area (Å²) in [5, 5.41) is 0. The molecule has 0 bridgehead atoms. The molecule has 2 heteroatoms. The fourth-order valence-electron chi connectivity index (χ4n) is 1.32. The van der Waals surface area contributed by atoms with Gasteiger partial charge < -0.3 is 4.74 Å². The monoisotopic (exact) mass is 190 g/mol. The highest BCUT2D eigenvalue weighted by atomic mass is 19.1. The van der Waals surface area contributed by atoms with E-state index in [1.54, 1.807) is 6.08 Å². The minimum absolute atomic E-state index is 0.0783. The smallest absolute Gasteiger partial charge is 0.126 e. The van der Waals surface area contributed by atoms with Gasteiger partial charge in [0.05, 0.1) is 0 Å². The highest BCUT2D eigenvalue weighted by molar-refractivity contribution is 5.26. The van der Waals surface area contributed by atoms with E-state index >= 15 is 0 Å². The first-order chi connectivity index (χ1) is 6.84. The summed E-state index contributed by atoms with van der Waals surface area (Å²) < 4.78 is 18.2. The van der Waals surface area contributed by atoms with Gasteiger partial charge in [0.2, 0.25) is 0 Å². The number of halogens is 1. The van der Waals surface area contributed by atoms with Crippen LogP contribution in [0.25, 0.3) is 0 Å². The van der Waals surface area contributed by atoms with Crippen molar-refractivity contribution in [2.45, 2.75) is 12.8 Å². The molecule has 0 aliphatic heterocycles. The third kappa shape index (κ3) is 2.22. The molecule has 0 heterocycles. The Morgan fingerprint density at radius 1 is 1.00 bits per heavy atom. The fourth-order valence-corrected chi connectivity index (χ4v) is 1.32. The van der Waals surface area contributed by atoms with E-state index < -0.39 is 0 Å². The SMILES string of the molecule is FC1=CC=C(Oc2ccccc2)CC1. The normalized spacial score (nSPS) is 15.8. The molecular formula is C12H11FO. The van der Waals surface area contributed by atoms with Crippen molar-refractivity contribution in [2.75, 3.05) is 0 Å². The molecule has 72 valence electrons. The van der Waals surface area contributed by atoms with E-state index in [1.165, 1.54) is 6.08 Å². The molecule has 1 aliphatic rings. The summed E-state index contributed by atoms with van der Waals surface area (Å²) in [4.78, 5) is 0. The average molecular weight is 190 g/mol. The summed E-state index contributed by atoms with van der Waals surface area (Å²) in [6.45, 7) is 0. The molecule has 0 radical (unpaired) electrons. The highest BCUT2D eigenvalue weighted by Gasteiger charge is 2.06. The Kier molecular flexibility index (Phi) is 2.63. The Bertz CT molecular complexity index is 365. The van der Waals surface area contributed by atoms with Gasteiger partial charge in [0.1, 0.15) is 17.3 Å². The molecule has 1 nitrogen and oxygen atoms in total. The third-order valence-electron chi connectivity index (χ3n) is 2.05. The van der Waals surface area contributed by atoms with Gasteiger partial charge in [-0.2, -0.15) is 0 Å². The fraction of sp³-hybridized carbons (Fsp3) is 0.167. The number of hydrogen-bond acceptors (Lipinski definition) is 1. The Hall–Kier alpha value is -1.57. The van der Waals surface area contributed by atoms with Crippen LogP contribution in [-0.2, 0) is 0 Å². The highest BCUT2D eigenvalue weighted by Crippen LogP contribution is 2.22. The lowest BCUT2D eigenvalue weighted by Crippen LogP contribution is -1.98. The lowest BCUT2D eigenvalue weighted by atomic mass is 10.1. The third-order valence-corrected chi connectivity index (χ3v) is 2.05. The summed E-state index contributed by atoms with van der Waals surface area (Å²) in [6, 6.07) is 9.52. The van der Waals surface area contributed by atoms with Crippen molar-refractivity contribution in [1.29, 1.82) is 0 Å². The molecule has 0 spiro atoms. The minimum Gasteiger partial charge on any atom is -0.462 e. The van der Waals surface area contributed by atoms with Crippen LogP contribution >= 0.6 is 0 Å². The van der Waals surface area contributed by atoms with Crippen molar-refractivity contribution in [2.24, 2.45) is 0 Å². The molecule has 0 aromatic heterocycles. The van der Waals surface area contributed by atoms with Gasteiger partial charge in [-0.25, -0.2) is 4.39 Å². The predicted octanol–water partition coefficient (Wildman–Crippen LogP) is 3.60. The number of allylic oxidation sites excluding steroid dienone is 4. The second-order valence-electron chi connectivity index (χ2n) is 3.16. The molecule has 0 N–H and O–H groups in total. The zero-order valence-corrected chi connectivity index (χ0v) is 7.74. The molecule has 0 amide bonds. The van der Waals surface area contributed by atoms with Crippen LogP contribution in [0.4, 0.5) is 4.39 Å². The van der Waals surface area contributed by atoms with Crippen molar-refractivity contribution in [3.05, 3.63) is 54.1 Å². The lowest BCUT2D eigenvalue weighted by molar-refractivity contribution is 0.392. The maximum Gasteiger partial charge on any atom is 0.126 e. The minimum atomic E-state index is -0.0783. The number of rotatable bonds is 2. The zero-order chi connectivity index (χ0) is 9.80. The van der Waals surface area contributed by atoms with Crippen molar-refractivity contribution < 1.29 is 9.13 Å². The predicted molar refractivity (Wildman–Crippen MR) is 53.6 cm³/mol. The van der Waals surface area contributed by atoms with Gasteiger partial charge in [0.25, 0.3) is 0 Å². The molecule has 0 fully saturated rings. The van der Waals surface area contributed by atoms with Gasteiger partial charge in [0.15, 0.2) is 0 Å². The van der Waals surface area contributed by atoms with Crippen molar-refractivity contribution in [3.63, 3.8) is 0 Å². The van der Waals surface area contributed by atoms with E-state index in [2.05, 4.69) is 0 Å². The Balaban J connectivity index is 2.06. The summed E-state index contributed by atoms with van der Waals surface area (Å²) in [5.74, 6) is 1.54. The number of benzene rings is 1. The number of ether oxygens (including phenoxy) is 1. The van der Waals surface area contributed by atoms with Crippen LogP contribution in [0, 0.1) is 0 Å². The average Bonchev–Trinajstić information content (AvgIpc) is 2.23. The second-order valence-corrected chi connectivity index (χ2v) is 3.16. The summed E-state index contributed by atoms with van der Waals surface area (Å²) in [7, 11) is 0. The molecule has 0 unspecified atom stereocenters. The summed E-state index contributed by atoms with van der Waals surface area (Å²) in [5.41, 5.74) is 0. The lowest BCUT2D eigenvalue weighted by Gasteiger charge is -2.11. The van der Waals surface area contributed by atoms with E-state index in [0.717, 1.165) is 11.5 Å². The molecule has 0 atom stereocenters. The van der Waals surface area contributed by atoms with Crippen LogP contribution in [0.15, 0.2) is 54.1 Å². The van der Waals surface area contributed by atoms with Gasteiger partial charge in [-0.1, -0.05) is 18.2 Å². The van der Waals surface area contributed by atoms with Gasteiger partial charge in [-0.15, -0.1) is 0 Å². The summed E-state index contributed by atoms with van der Waals surface area (Å²) >= 11 is 0. The first-order valence-electron chi connectivity index (χ1n) is 4.63. The van der Waals surface area contributed by atoms with Crippen molar-refractivity contribution in [1.82, 2.24) is 0 Å². The van der Waals surface area contributed by atoms with Gasteiger partial charge >= 0.3 is 0 Å². The molecule has 0 saturated heterocycles. The van der Waals surface area contributed by atoms with Crippen molar-refractivity contribution >= 4 is 0 Å². The van der Waals surface area contributed by atoms with Crippen LogP contribution in [0.1, 0.15) is 12.8 Å². The van der Waals surface area contributed by atoms with Gasteiger partial charge in [-0.3, -0.25) is 0 Å². The van der Waals surface area contributed by atoms with Crippen LogP contribution in [0.2, 0.25) is 0 Å². The quantitative estimate of drug-likeness (QED) is 0.692. The van der Waals surface area contributed by atoms with E-state index in [0.29, 0.717) is 12.8 Å². The topological polar surface area (TPSA) is 9.23 Å². The van der Waals surface area contributed by atoms with E-state index in [4.69, 9.17) is 4.74 Å². The van der Waals surface area contributed by atoms with Crippen LogP contribution in [-0.4, -0.2) is 0 Å². The van der Waals surface area contributed by atoms with E-state index in [9.17, 15) is 4.39 Å². The van der Waals surface area contributed by atoms with Gasteiger partial charge in [0, 0.05) is 12.8 Å². The van der Waals surface area contributed by atoms with Crippen LogP contribution in [0.5, 0.6) is 5.75 Å². The van der Waals surface area contributed by atoms with Crippen LogP contribution < -0.4 is 4.74 Å². The maximum atomic E-state index is 12.7. The Morgan fingerprint density at radius 2 is 1.79 bits per heavy atom. The maximum absolute atomic E-state index is 12.7. The molecule has 1 aliphatic carbocycles. The molecule has 2 rings (SSSR count). The molecule has 1 aromatic rings. The zero-order valence-electron chi connectivity index (χ0n) is 7.74. The number of hydrogen-bond donors (Lipinski definition) is 0. The van der Waals surface area contributed by atoms with E-state index in [-0.39, 0.29) is 5.83 Å². The largest absolute Gasteiger partial charge is 0.462 e. The molecular weight excluding hydrogens is 179 g/mol. The number of para-hydroxylation sites is 1. The standard InChI is InChI=1S/C12H11FO/c13-10-6-8-12(9-7-10)14-11-4-2-1-3-5-11/h1-6,8H,7,9H2. The second kappa shape index (κ2) is 4.09. The molecule has 1 aromatic carbocycles. The van der Waals surface area contributed by atoms with Crippen molar-refractivity contribution in [3.8, 4) is 5.75 Å². The summed E-state index contributed by atoms with van der Waals surface area (Å²) in [6.07, 6.45) is 4.23. The van der Waals surface area contributed by atoms with Gasteiger partial charge in [-0.05, 0) is 24.3 Å². The molecule has 0 saturated carbocycles. The Morgan fingerprint density at radius 3 is 2.43 bits per heavy atom. The Labute approximate surface area is 82.5 Å². The van der Waals surface area contributed by atoms with Crippen LogP contribution in [0.3, 0.4) is 0 Å². The molecule has 14 heavy (non-hydrogen) atoms. The van der Waals surface area contributed by atoms with E-state index in [1.807, 2.05) is 30.3 Å². The first-order valence-corrected chi connectivity index (χ1v) is 4.63. The first kappa shape index (κ1) is 9.00.